The number of hydrogen-bond donors (Lipinski definition) is 1. The summed E-state index contributed by atoms with van der Waals surface area (Å²) in [4.78, 5) is 6.01. The molecule has 0 amide bonds. The van der Waals surface area contributed by atoms with Gasteiger partial charge in [-0.05, 0) is 19.2 Å². The van der Waals surface area contributed by atoms with Crippen molar-refractivity contribution in [1.29, 1.82) is 0 Å². The molecule has 0 bridgehead atoms. The number of sulfonamides is 1. The van der Waals surface area contributed by atoms with Gasteiger partial charge in [-0.3, -0.25) is 0 Å². The van der Waals surface area contributed by atoms with Crippen molar-refractivity contribution >= 4 is 15.8 Å². The van der Waals surface area contributed by atoms with E-state index in [-0.39, 0.29) is 10.7 Å². The fourth-order valence-corrected chi connectivity index (χ4v) is 3.28. The SMILES string of the molecule is CN1CCN(S(=O)(=O)c2cccnc2N)CC1. The molecule has 1 fully saturated rings. The molecule has 2 rings (SSSR count). The van der Waals surface area contributed by atoms with Crippen LogP contribution in [0.1, 0.15) is 0 Å². The Kier molecular flexibility index (Phi) is 3.32. The molecule has 7 heteroatoms. The van der Waals surface area contributed by atoms with Gasteiger partial charge in [-0.1, -0.05) is 0 Å². The second-order valence-electron chi connectivity index (χ2n) is 4.09. The lowest BCUT2D eigenvalue weighted by atomic mass is 10.4. The molecular weight excluding hydrogens is 240 g/mol. The predicted molar refractivity (Wildman–Crippen MR) is 64.9 cm³/mol. The number of pyridine rings is 1. The first kappa shape index (κ1) is 12.3. The van der Waals surface area contributed by atoms with Crippen LogP contribution in [0.5, 0.6) is 0 Å². The minimum atomic E-state index is -3.50. The van der Waals surface area contributed by atoms with Gasteiger partial charge in [0.05, 0.1) is 0 Å². The van der Waals surface area contributed by atoms with E-state index in [9.17, 15) is 8.42 Å². The van der Waals surface area contributed by atoms with Crippen molar-refractivity contribution < 1.29 is 8.42 Å². The second kappa shape index (κ2) is 4.59. The van der Waals surface area contributed by atoms with Crippen molar-refractivity contribution in [1.82, 2.24) is 14.2 Å². The van der Waals surface area contributed by atoms with Crippen molar-refractivity contribution in [3.05, 3.63) is 18.3 Å². The van der Waals surface area contributed by atoms with Gasteiger partial charge in [0.1, 0.15) is 10.7 Å². The monoisotopic (exact) mass is 256 g/mol. The number of piperazine rings is 1. The van der Waals surface area contributed by atoms with Gasteiger partial charge in [0.15, 0.2) is 0 Å². The molecule has 0 saturated carbocycles. The van der Waals surface area contributed by atoms with Crippen LogP contribution in [0.15, 0.2) is 23.2 Å². The molecule has 1 aromatic heterocycles. The molecule has 2 N–H and O–H groups in total. The molecular formula is C10H16N4O2S. The van der Waals surface area contributed by atoms with Gasteiger partial charge in [0, 0.05) is 32.4 Å². The van der Waals surface area contributed by atoms with E-state index in [1.54, 1.807) is 6.07 Å². The number of rotatable bonds is 2. The van der Waals surface area contributed by atoms with Crippen LogP contribution in [0, 0.1) is 0 Å². The van der Waals surface area contributed by atoms with Gasteiger partial charge in [-0.2, -0.15) is 4.31 Å². The quantitative estimate of drug-likeness (QED) is 0.779. The van der Waals surface area contributed by atoms with Crippen molar-refractivity contribution in [2.75, 3.05) is 39.0 Å². The summed E-state index contributed by atoms with van der Waals surface area (Å²) < 4.78 is 26.1. The summed E-state index contributed by atoms with van der Waals surface area (Å²) in [7, 11) is -1.52. The highest BCUT2D eigenvalue weighted by atomic mass is 32.2. The minimum Gasteiger partial charge on any atom is -0.383 e. The number of anilines is 1. The number of likely N-dealkylation sites (N-methyl/N-ethyl adjacent to an activating group) is 1. The fourth-order valence-electron chi connectivity index (χ4n) is 1.79. The number of nitrogen functional groups attached to an aromatic ring is 1. The average molecular weight is 256 g/mol. The van der Waals surface area contributed by atoms with Crippen LogP contribution in [0.3, 0.4) is 0 Å². The summed E-state index contributed by atoms with van der Waals surface area (Å²) in [6, 6.07) is 3.08. The highest BCUT2D eigenvalue weighted by Crippen LogP contribution is 2.20. The maximum atomic E-state index is 12.3. The number of nitrogens with zero attached hydrogens (tertiary/aromatic N) is 3. The van der Waals surface area contributed by atoms with E-state index >= 15 is 0 Å². The molecule has 0 unspecified atom stereocenters. The molecule has 94 valence electrons. The molecule has 1 aliphatic heterocycles. The Labute approximate surface area is 101 Å². The van der Waals surface area contributed by atoms with Crippen molar-refractivity contribution in [3.63, 3.8) is 0 Å². The third-order valence-corrected chi connectivity index (χ3v) is 4.83. The fraction of sp³-hybridized carbons (Fsp3) is 0.500. The molecule has 0 aromatic carbocycles. The Hall–Kier alpha value is -1.18. The zero-order valence-electron chi connectivity index (χ0n) is 9.70. The first-order chi connectivity index (χ1) is 8.01. The first-order valence-electron chi connectivity index (χ1n) is 5.41. The summed E-state index contributed by atoms with van der Waals surface area (Å²) >= 11 is 0. The predicted octanol–water partition coefficient (Wildman–Crippen LogP) is -0.400. The van der Waals surface area contributed by atoms with Gasteiger partial charge < -0.3 is 10.6 Å². The summed E-state index contributed by atoms with van der Waals surface area (Å²) in [5.74, 6) is 0.0615. The Morgan fingerprint density at radius 3 is 2.53 bits per heavy atom. The van der Waals surface area contributed by atoms with Gasteiger partial charge in [-0.15, -0.1) is 0 Å². The summed E-state index contributed by atoms with van der Waals surface area (Å²) in [6.45, 7) is 2.46. The van der Waals surface area contributed by atoms with Crippen LogP contribution in [0.25, 0.3) is 0 Å². The topological polar surface area (TPSA) is 79.5 Å². The molecule has 1 aliphatic rings. The summed E-state index contributed by atoms with van der Waals surface area (Å²) in [6.07, 6.45) is 1.48. The normalized spacial score (nSPS) is 19.4. The number of nitrogens with two attached hydrogens (primary N) is 1. The van der Waals surface area contributed by atoms with E-state index < -0.39 is 10.0 Å². The van der Waals surface area contributed by atoms with Crippen LogP contribution in [0.4, 0.5) is 5.82 Å². The lowest BCUT2D eigenvalue weighted by Gasteiger charge is -2.31. The molecule has 6 nitrogen and oxygen atoms in total. The van der Waals surface area contributed by atoms with E-state index in [0.29, 0.717) is 13.1 Å². The third-order valence-electron chi connectivity index (χ3n) is 2.88. The van der Waals surface area contributed by atoms with Gasteiger partial charge in [0.2, 0.25) is 10.0 Å². The van der Waals surface area contributed by atoms with Crippen LogP contribution >= 0.6 is 0 Å². The summed E-state index contributed by atoms with van der Waals surface area (Å²) in [5, 5.41) is 0. The molecule has 0 radical (unpaired) electrons. The zero-order valence-corrected chi connectivity index (χ0v) is 10.5. The Balaban J connectivity index is 2.28. The van der Waals surface area contributed by atoms with Gasteiger partial charge >= 0.3 is 0 Å². The minimum absolute atomic E-state index is 0.0615. The smallest absolute Gasteiger partial charge is 0.246 e. The largest absolute Gasteiger partial charge is 0.383 e. The molecule has 0 aliphatic carbocycles. The van der Waals surface area contributed by atoms with E-state index in [0.717, 1.165) is 13.1 Å². The Morgan fingerprint density at radius 2 is 1.94 bits per heavy atom. The lowest BCUT2D eigenvalue weighted by Crippen LogP contribution is -2.47. The summed E-state index contributed by atoms with van der Waals surface area (Å²) in [5.41, 5.74) is 5.61. The van der Waals surface area contributed by atoms with Crippen LogP contribution in [-0.4, -0.2) is 55.8 Å². The Morgan fingerprint density at radius 1 is 1.29 bits per heavy atom. The molecule has 0 atom stereocenters. The van der Waals surface area contributed by atoms with Crippen molar-refractivity contribution in [2.45, 2.75) is 4.90 Å². The van der Waals surface area contributed by atoms with Crippen LogP contribution in [-0.2, 0) is 10.0 Å². The number of hydrogen-bond acceptors (Lipinski definition) is 5. The van der Waals surface area contributed by atoms with E-state index in [4.69, 9.17) is 5.73 Å². The molecule has 1 saturated heterocycles. The Bertz CT molecular complexity index is 495. The molecule has 2 heterocycles. The van der Waals surface area contributed by atoms with Crippen molar-refractivity contribution in [3.8, 4) is 0 Å². The molecule has 1 aromatic rings. The standard InChI is InChI=1S/C10H16N4O2S/c1-13-5-7-14(8-6-13)17(15,16)9-3-2-4-12-10(9)11/h2-4H,5-8H2,1H3,(H2,11,12). The molecule has 0 spiro atoms. The van der Waals surface area contributed by atoms with Crippen LogP contribution in [0.2, 0.25) is 0 Å². The van der Waals surface area contributed by atoms with E-state index in [1.807, 2.05) is 7.05 Å². The lowest BCUT2D eigenvalue weighted by molar-refractivity contribution is 0.222. The number of aromatic nitrogens is 1. The van der Waals surface area contributed by atoms with E-state index in [1.165, 1.54) is 16.6 Å². The maximum absolute atomic E-state index is 12.3. The third kappa shape index (κ3) is 2.41. The highest BCUT2D eigenvalue weighted by Gasteiger charge is 2.29. The van der Waals surface area contributed by atoms with Gasteiger partial charge in [-0.25, -0.2) is 13.4 Å². The van der Waals surface area contributed by atoms with Crippen molar-refractivity contribution in [2.24, 2.45) is 0 Å². The first-order valence-corrected chi connectivity index (χ1v) is 6.85. The molecule has 17 heavy (non-hydrogen) atoms. The van der Waals surface area contributed by atoms with E-state index in [2.05, 4.69) is 9.88 Å². The second-order valence-corrected chi connectivity index (χ2v) is 6.00. The highest BCUT2D eigenvalue weighted by molar-refractivity contribution is 7.89. The van der Waals surface area contributed by atoms with Gasteiger partial charge in [0.25, 0.3) is 0 Å². The zero-order chi connectivity index (χ0) is 12.5. The average Bonchev–Trinajstić information content (AvgIpc) is 2.30. The van der Waals surface area contributed by atoms with Crippen LogP contribution < -0.4 is 5.73 Å². The maximum Gasteiger partial charge on any atom is 0.246 e.